The molecule has 1 rings (SSSR count). The van der Waals surface area contributed by atoms with Crippen molar-refractivity contribution in [3.05, 3.63) is 34.1 Å². The number of hydrogen-bond donors (Lipinski definition) is 2. The van der Waals surface area contributed by atoms with Crippen LogP contribution in [-0.2, 0) is 0 Å². The zero-order valence-electron chi connectivity index (χ0n) is 7.82. The van der Waals surface area contributed by atoms with Crippen LogP contribution in [0, 0.1) is 17.5 Å². The van der Waals surface area contributed by atoms with Gasteiger partial charge >= 0.3 is 0 Å². The van der Waals surface area contributed by atoms with Gasteiger partial charge in [0.05, 0.1) is 6.10 Å². The predicted octanol–water partition coefficient (Wildman–Crippen LogP) is 2.01. The number of halogens is 4. The van der Waals surface area contributed by atoms with Gasteiger partial charge in [0.2, 0.25) is 0 Å². The van der Waals surface area contributed by atoms with Crippen molar-refractivity contribution in [2.45, 2.75) is 6.10 Å². The topological polar surface area (TPSA) is 32.3 Å². The van der Waals surface area contributed by atoms with E-state index in [1.807, 2.05) is 0 Å². The van der Waals surface area contributed by atoms with Crippen LogP contribution in [0.4, 0.5) is 13.2 Å². The maximum absolute atomic E-state index is 13.2. The number of hydrogen-bond acceptors (Lipinski definition) is 2. The molecule has 84 valence electrons. The van der Waals surface area contributed by atoms with Crippen molar-refractivity contribution >= 4 is 11.6 Å². The van der Waals surface area contributed by atoms with Crippen LogP contribution in [0.3, 0.4) is 0 Å². The van der Waals surface area contributed by atoms with Gasteiger partial charge in [-0.3, -0.25) is 0 Å². The third kappa shape index (κ3) is 2.42. The summed E-state index contributed by atoms with van der Waals surface area (Å²) in [5.41, 5.74) is -0.455. The number of aliphatic hydroxyl groups excluding tert-OH is 1. The Hall–Kier alpha value is -0.780. The van der Waals surface area contributed by atoms with E-state index < -0.39 is 34.1 Å². The first-order valence-corrected chi connectivity index (χ1v) is 4.52. The minimum atomic E-state index is -1.48. The van der Waals surface area contributed by atoms with Crippen LogP contribution >= 0.6 is 11.6 Å². The molecule has 0 heterocycles. The molecule has 0 amide bonds. The summed E-state index contributed by atoms with van der Waals surface area (Å²) in [6.07, 6.45) is -1.32. The van der Waals surface area contributed by atoms with E-state index in [1.54, 1.807) is 0 Å². The second-order valence-electron chi connectivity index (χ2n) is 2.96. The molecule has 1 aromatic carbocycles. The van der Waals surface area contributed by atoms with Gasteiger partial charge in [0.25, 0.3) is 0 Å². The summed E-state index contributed by atoms with van der Waals surface area (Å²) in [5, 5.41) is 11.0. The van der Waals surface area contributed by atoms with Crippen molar-refractivity contribution in [1.29, 1.82) is 0 Å². The van der Waals surface area contributed by atoms with Crippen LogP contribution in [0.2, 0.25) is 5.02 Å². The molecule has 1 unspecified atom stereocenters. The van der Waals surface area contributed by atoms with E-state index in [1.165, 1.54) is 7.05 Å². The number of nitrogens with one attached hydrogen (secondary N) is 1. The van der Waals surface area contributed by atoms with Gasteiger partial charge in [-0.25, -0.2) is 13.2 Å². The minimum absolute atomic E-state index is 0.0164. The summed E-state index contributed by atoms with van der Waals surface area (Å²) < 4.78 is 39.1. The van der Waals surface area contributed by atoms with Crippen LogP contribution in [0.15, 0.2) is 6.07 Å². The lowest BCUT2D eigenvalue weighted by atomic mass is 10.1. The zero-order valence-corrected chi connectivity index (χ0v) is 8.58. The van der Waals surface area contributed by atoms with Crippen LogP contribution in [-0.4, -0.2) is 18.7 Å². The summed E-state index contributed by atoms with van der Waals surface area (Å²) in [6.45, 7) is -0.0164. The van der Waals surface area contributed by atoms with E-state index in [2.05, 4.69) is 5.32 Å². The summed E-state index contributed by atoms with van der Waals surface area (Å²) in [4.78, 5) is 0. The van der Waals surface area contributed by atoms with Gasteiger partial charge in [-0.1, -0.05) is 11.6 Å². The molecule has 0 fully saturated rings. The van der Waals surface area contributed by atoms with Gasteiger partial charge in [-0.15, -0.1) is 0 Å². The van der Waals surface area contributed by atoms with E-state index in [0.717, 1.165) is 0 Å². The Labute approximate surface area is 89.7 Å². The first kappa shape index (κ1) is 12.3. The van der Waals surface area contributed by atoms with E-state index in [4.69, 9.17) is 11.6 Å². The molecule has 6 heteroatoms. The zero-order chi connectivity index (χ0) is 11.6. The molecule has 15 heavy (non-hydrogen) atoms. The van der Waals surface area contributed by atoms with Gasteiger partial charge in [0.1, 0.15) is 10.8 Å². The van der Waals surface area contributed by atoms with E-state index in [9.17, 15) is 18.3 Å². The molecular weight excluding hydrogens is 231 g/mol. The Morgan fingerprint density at radius 2 is 2.00 bits per heavy atom. The molecule has 0 aliphatic carbocycles. The SMILES string of the molecule is CNCC(O)c1cc(F)c(Cl)c(F)c1F. The molecule has 2 nitrogen and oxygen atoms in total. The minimum Gasteiger partial charge on any atom is -0.387 e. The summed E-state index contributed by atoms with van der Waals surface area (Å²) in [6, 6.07) is 0.683. The third-order valence-corrected chi connectivity index (χ3v) is 2.23. The third-order valence-electron chi connectivity index (χ3n) is 1.89. The number of rotatable bonds is 3. The van der Waals surface area contributed by atoms with Crippen molar-refractivity contribution in [2.24, 2.45) is 0 Å². The summed E-state index contributed by atoms with van der Waals surface area (Å²) in [7, 11) is 1.52. The first-order chi connectivity index (χ1) is 6.99. The fourth-order valence-corrected chi connectivity index (χ4v) is 1.27. The molecular formula is C9H9ClF3NO. The van der Waals surface area contributed by atoms with E-state index in [-0.39, 0.29) is 6.54 Å². The summed E-state index contributed by atoms with van der Waals surface area (Å²) in [5.74, 6) is -3.91. The maximum Gasteiger partial charge on any atom is 0.180 e. The van der Waals surface area contributed by atoms with Crippen LogP contribution < -0.4 is 5.32 Å². The van der Waals surface area contributed by atoms with Crippen molar-refractivity contribution in [3.8, 4) is 0 Å². The lowest BCUT2D eigenvalue weighted by molar-refractivity contribution is 0.171. The van der Waals surface area contributed by atoms with E-state index >= 15 is 0 Å². The maximum atomic E-state index is 13.2. The first-order valence-electron chi connectivity index (χ1n) is 4.14. The Morgan fingerprint density at radius 3 is 2.53 bits per heavy atom. The molecule has 0 aliphatic heterocycles. The van der Waals surface area contributed by atoms with Gasteiger partial charge in [0.15, 0.2) is 11.6 Å². The van der Waals surface area contributed by atoms with Crippen LogP contribution in [0.1, 0.15) is 11.7 Å². The monoisotopic (exact) mass is 239 g/mol. The molecule has 0 radical (unpaired) electrons. The molecule has 0 aliphatic rings. The Kier molecular flexibility index (Phi) is 3.96. The van der Waals surface area contributed by atoms with Crippen molar-refractivity contribution in [3.63, 3.8) is 0 Å². The molecule has 0 bridgehead atoms. The molecule has 0 saturated carbocycles. The van der Waals surface area contributed by atoms with Gasteiger partial charge in [0, 0.05) is 12.1 Å². The molecule has 1 aromatic rings. The highest BCUT2D eigenvalue weighted by Crippen LogP contribution is 2.27. The predicted molar refractivity (Wildman–Crippen MR) is 50.2 cm³/mol. The average Bonchev–Trinajstić information content (AvgIpc) is 2.20. The van der Waals surface area contributed by atoms with Crippen LogP contribution in [0.25, 0.3) is 0 Å². The second kappa shape index (κ2) is 4.83. The lowest BCUT2D eigenvalue weighted by Gasteiger charge is -2.12. The fraction of sp³-hybridized carbons (Fsp3) is 0.333. The normalized spacial score (nSPS) is 12.9. The molecule has 0 saturated heterocycles. The molecule has 1 atom stereocenters. The Morgan fingerprint density at radius 1 is 1.40 bits per heavy atom. The number of benzene rings is 1. The van der Waals surface area contributed by atoms with Gasteiger partial charge in [-0.2, -0.15) is 0 Å². The average molecular weight is 240 g/mol. The highest BCUT2D eigenvalue weighted by molar-refractivity contribution is 6.30. The fourth-order valence-electron chi connectivity index (χ4n) is 1.14. The number of likely N-dealkylation sites (N-methyl/N-ethyl adjacent to an activating group) is 1. The smallest absolute Gasteiger partial charge is 0.180 e. The highest BCUT2D eigenvalue weighted by Gasteiger charge is 2.21. The van der Waals surface area contributed by atoms with E-state index in [0.29, 0.717) is 6.07 Å². The summed E-state index contributed by atoms with van der Waals surface area (Å²) >= 11 is 5.15. The van der Waals surface area contributed by atoms with Crippen LogP contribution in [0.5, 0.6) is 0 Å². The Balaban J connectivity index is 3.19. The van der Waals surface area contributed by atoms with Crippen molar-refractivity contribution < 1.29 is 18.3 Å². The lowest BCUT2D eigenvalue weighted by Crippen LogP contribution is -2.18. The standard InChI is InChI=1S/C9H9ClF3NO/c1-14-3-6(15)4-2-5(11)7(10)9(13)8(4)12/h2,6,14-15H,3H2,1H3. The largest absolute Gasteiger partial charge is 0.387 e. The Bertz CT molecular complexity index is 373. The molecule has 0 aromatic heterocycles. The molecule has 0 spiro atoms. The highest BCUT2D eigenvalue weighted by atomic mass is 35.5. The number of aliphatic hydroxyl groups is 1. The quantitative estimate of drug-likeness (QED) is 0.625. The molecule has 2 N–H and O–H groups in total. The van der Waals surface area contributed by atoms with Gasteiger partial charge in [-0.05, 0) is 13.1 Å². The second-order valence-corrected chi connectivity index (χ2v) is 3.34. The van der Waals surface area contributed by atoms with Gasteiger partial charge < -0.3 is 10.4 Å². The van der Waals surface area contributed by atoms with Crippen molar-refractivity contribution in [1.82, 2.24) is 5.32 Å². The van der Waals surface area contributed by atoms with Crippen molar-refractivity contribution in [2.75, 3.05) is 13.6 Å².